The third-order valence-electron chi connectivity index (χ3n) is 4.96. The molecule has 0 aliphatic carbocycles. The van der Waals surface area contributed by atoms with Crippen molar-refractivity contribution in [1.82, 2.24) is 0 Å². The van der Waals surface area contributed by atoms with Crippen molar-refractivity contribution >= 4 is 23.2 Å². The number of quaternary nitrogens is 1. The first kappa shape index (κ1) is 18.5. The molecule has 1 unspecified atom stereocenters. The number of nitrogens with one attached hydrogen (secondary N) is 2. The van der Waals surface area contributed by atoms with Crippen LogP contribution in [0, 0.1) is 0 Å². The number of hydrogen-bond donors (Lipinski definition) is 2. The van der Waals surface area contributed by atoms with Crippen molar-refractivity contribution in [2.75, 3.05) is 26.1 Å². The molecular weight excluding hydrogens is 352 g/mol. The molecule has 0 aromatic heterocycles. The van der Waals surface area contributed by atoms with Crippen molar-refractivity contribution in [3.8, 4) is 11.5 Å². The molecular formula is C20H24ClN2O3+. The first-order valence-corrected chi connectivity index (χ1v) is 9.04. The van der Waals surface area contributed by atoms with E-state index in [-0.39, 0.29) is 11.9 Å². The molecule has 0 radical (unpaired) electrons. The average Bonchev–Trinajstić information content (AvgIpc) is 2.67. The molecule has 1 heterocycles. The van der Waals surface area contributed by atoms with Gasteiger partial charge in [0.15, 0.2) is 17.5 Å². The van der Waals surface area contributed by atoms with E-state index < -0.39 is 0 Å². The first-order valence-electron chi connectivity index (χ1n) is 8.66. The Bertz CT molecular complexity index is 792. The molecule has 0 fully saturated rings. The van der Waals surface area contributed by atoms with E-state index in [1.54, 1.807) is 26.4 Å². The van der Waals surface area contributed by atoms with Crippen molar-refractivity contribution in [1.29, 1.82) is 0 Å². The van der Waals surface area contributed by atoms with Crippen LogP contribution in [0.5, 0.6) is 11.5 Å². The molecule has 2 aromatic rings. The van der Waals surface area contributed by atoms with Crippen molar-refractivity contribution < 1.29 is 19.2 Å². The highest BCUT2D eigenvalue weighted by molar-refractivity contribution is 6.30. The van der Waals surface area contributed by atoms with E-state index in [0.717, 1.165) is 36.7 Å². The number of carbonyl (C=O) groups excluding carboxylic acids is 1. The van der Waals surface area contributed by atoms with Gasteiger partial charge in [-0.15, -0.1) is 0 Å². The van der Waals surface area contributed by atoms with Gasteiger partial charge < -0.3 is 19.7 Å². The minimum absolute atomic E-state index is 0.00579. The number of anilines is 1. The van der Waals surface area contributed by atoms with Gasteiger partial charge in [0.25, 0.3) is 5.91 Å². The molecule has 0 saturated carbocycles. The van der Waals surface area contributed by atoms with Crippen LogP contribution in [0.3, 0.4) is 0 Å². The largest absolute Gasteiger partial charge is 0.493 e. The zero-order valence-corrected chi connectivity index (χ0v) is 16.0. The second-order valence-electron chi connectivity index (χ2n) is 6.53. The van der Waals surface area contributed by atoms with Gasteiger partial charge in [-0.05, 0) is 48.9 Å². The van der Waals surface area contributed by atoms with Gasteiger partial charge in [-0.1, -0.05) is 11.6 Å². The number of fused-ring (bicyclic) bond motifs is 1. The lowest BCUT2D eigenvalue weighted by Crippen LogP contribution is -3.16. The van der Waals surface area contributed by atoms with E-state index in [9.17, 15) is 4.79 Å². The minimum Gasteiger partial charge on any atom is -0.493 e. The van der Waals surface area contributed by atoms with E-state index in [4.69, 9.17) is 21.1 Å². The van der Waals surface area contributed by atoms with E-state index in [1.165, 1.54) is 16.0 Å². The Balaban J connectivity index is 1.71. The van der Waals surface area contributed by atoms with Gasteiger partial charge >= 0.3 is 0 Å². The number of halogens is 1. The molecule has 2 aromatic carbocycles. The predicted octanol–water partition coefficient (Wildman–Crippen LogP) is 2.33. The van der Waals surface area contributed by atoms with Crippen LogP contribution in [0.4, 0.5) is 5.69 Å². The maximum absolute atomic E-state index is 12.6. The fraction of sp³-hybridized carbons (Fsp3) is 0.350. The lowest BCUT2D eigenvalue weighted by Gasteiger charge is -2.30. The Hall–Kier alpha value is -2.24. The summed E-state index contributed by atoms with van der Waals surface area (Å²) in [7, 11) is 3.29. The molecule has 138 valence electrons. The van der Waals surface area contributed by atoms with Crippen molar-refractivity contribution in [3.05, 3.63) is 52.5 Å². The summed E-state index contributed by atoms with van der Waals surface area (Å²) in [6.45, 7) is 3.65. The van der Waals surface area contributed by atoms with Gasteiger partial charge in [-0.2, -0.15) is 0 Å². The number of ether oxygens (including phenoxy) is 2. The Morgan fingerprint density at radius 1 is 1.12 bits per heavy atom. The summed E-state index contributed by atoms with van der Waals surface area (Å²) >= 11 is 5.89. The van der Waals surface area contributed by atoms with Crippen LogP contribution in [0.2, 0.25) is 5.02 Å². The number of methoxy groups -OCH3 is 2. The minimum atomic E-state index is -0.160. The zero-order valence-electron chi connectivity index (χ0n) is 15.3. The highest BCUT2D eigenvalue weighted by Crippen LogP contribution is 2.31. The highest BCUT2D eigenvalue weighted by atomic mass is 35.5. The SMILES string of the molecule is COc1cc2c(cc1OC)C[NH+]([C@@H](C)C(=O)Nc1ccc(Cl)cc1)CC2. The van der Waals surface area contributed by atoms with E-state index >= 15 is 0 Å². The average molecular weight is 376 g/mol. The van der Waals surface area contributed by atoms with E-state index in [0.29, 0.717) is 5.02 Å². The van der Waals surface area contributed by atoms with Crippen molar-refractivity contribution in [2.45, 2.75) is 25.9 Å². The van der Waals surface area contributed by atoms with Gasteiger partial charge in [-0.3, -0.25) is 4.79 Å². The maximum Gasteiger partial charge on any atom is 0.282 e. The fourth-order valence-corrected chi connectivity index (χ4v) is 3.45. The Labute approximate surface area is 158 Å². The second kappa shape index (κ2) is 7.98. The van der Waals surface area contributed by atoms with E-state index in [1.807, 2.05) is 31.2 Å². The first-order chi connectivity index (χ1) is 12.5. The summed E-state index contributed by atoms with van der Waals surface area (Å²) in [5.41, 5.74) is 3.22. The molecule has 26 heavy (non-hydrogen) atoms. The van der Waals surface area contributed by atoms with Crippen LogP contribution in [-0.2, 0) is 17.8 Å². The topological polar surface area (TPSA) is 52.0 Å². The number of amides is 1. The highest BCUT2D eigenvalue weighted by Gasteiger charge is 2.30. The number of carbonyl (C=O) groups is 1. The summed E-state index contributed by atoms with van der Waals surface area (Å²) in [5, 5.41) is 3.62. The molecule has 6 heteroatoms. The normalized spacial score (nSPS) is 17.2. The Morgan fingerprint density at radius 2 is 1.73 bits per heavy atom. The molecule has 2 N–H and O–H groups in total. The van der Waals surface area contributed by atoms with Crippen LogP contribution in [0.15, 0.2) is 36.4 Å². The lowest BCUT2D eigenvalue weighted by atomic mass is 9.97. The Kier molecular flexibility index (Phi) is 5.69. The number of rotatable bonds is 5. The lowest BCUT2D eigenvalue weighted by molar-refractivity contribution is -0.929. The summed E-state index contributed by atoms with van der Waals surface area (Å²) < 4.78 is 10.8. The van der Waals surface area contributed by atoms with Crippen LogP contribution in [0.1, 0.15) is 18.1 Å². The van der Waals surface area contributed by atoms with Crippen LogP contribution in [-0.4, -0.2) is 32.7 Å². The third kappa shape index (κ3) is 3.94. The summed E-state index contributed by atoms with van der Waals surface area (Å²) in [4.78, 5) is 13.9. The van der Waals surface area contributed by atoms with Gasteiger partial charge in [0, 0.05) is 22.7 Å². The maximum atomic E-state index is 12.6. The van der Waals surface area contributed by atoms with Crippen LogP contribution < -0.4 is 19.7 Å². The monoisotopic (exact) mass is 375 g/mol. The third-order valence-corrected chi connectivity index (χ3v) is 5.21. The van der Waals surface area contributed by atoms with Crippen molar-refractivity contribution in [3.63, 3.8) is 0 Å². The quantitative estimate of drug-likeness (QED) is 0.843. The molecule has 0 spiro atoms. The van der Waals surface area contributed by atoms with Gasteiger partial charge in [0.2, 0.25) is 0 Å². The number of hydrogen-bond acceptors (Lipinski definition) is 3. The van der Waals surface area contributed by atoms with Gasteiger partial charge in [-0.25, -0.2) is 0 Å². The standard InChI is InChI=1S/C20H23ClN2O3/c1-13(20(24)22-17-6-4-16(21)5-7-17)23-9-8-14-10-18(25-2)19(26-3)11-15(14)12-23/h4-7,10-11,13H,8-9,12H2,1-3H3,(H,22,24)/p+1/t13-/m0/s1. The van der Waals surface area contributed by atoms with Crippen LogP contribution >= 0.6 is 11.6 Å². The summed E-state index contributed by atoms with van der Waals surface area (Å²) in [6, 6.07) is 11.1. The summed E-state index contributed by atoms with van der Waals surface area (Å²) in [6.07, 6.45) is 0.906. The molecule has 0 bridgehead atoms. The predicted molar refractivity (Wildman–Crippen MR) is 102 cm³/mol. The van der Waals surface area contributed by atoms with Crippen molar-refractivity contribution in [2.24, 2.45) is 0 Å². The van der Waals surface area contributed by atoms with Gasteiger partial charge in [0.1, 0.15) is 6.54 Å². The zero-order chi connectivity index (χ0) is 18.7. The smallest absolute Gasteiger partial charge is 0.282 e. The number of benzene rings is 2. The second-order valence-corrected chi connectivity index (χ2v) is 6.97. The van der Waals surface area contributed by atoms with E-state index in [2.05, 4.69) is 5.32 Å². The van der Waals surface area contributed by atoms with Gasteiger partial charge in [0.05, 0.1) is 20.8 Å². The molecule has 1 aliphatic heterocycles. The molecule has 3 rings (SSSR count). The molecule has 5 nitrogen and oxygen atoms in total. The Morgan fingerprint density at radius 3 is 2.35 bits per heavy atom. The molecule has 0 saturated heterocycles. The molecule has 1 aliphatic rings. The molecule has 1 amide bonds. The molecule has 2 atom stereocenters. The summed E-state index contributed by atoms with van der Waals surface area (Å²) in [5.74, 6) is 1.49. The fourth-order valence-electron chi connectivity index (χ4n) is 3.33. The van der Waals surface area contributed by atoms with Crippen LogP contribution in [0.25, 0.3) is 0 Å².